The molecule has 2 heterocycles. The fraction of sp³-hybridized carbons (Fsp3) is 0.350. The number of hydrogen-bond donors (Lipinski definition) is 3. The second-order valence-corrected chi connectivity index (χ2v) is 9.45. The molecule has 3 N–H and O–H groups in total. The Morgan fingerprint density at radius 3 is 2.47 bits per heavy atom. The second kappa shape index (κ2) is 9.25. The molecule has 1 aromatic carbocycles. The summed E-state index contributed by atoms with van der Waals surface area (Å²) in [7, 11) is 0. The monoisotopic (exact) mass is 480 g/mol. The molecule has 2 aliphatic heterocycles. The summed E-state index contributed by atoms with van der Waals surface area (Å²) in [4.78, 5) is 61.7. The Morgan fingerprint density at radius 2 is 1.94 bits per heavy atom. The topological polar surface area (TPSA) is 150 Å². The van der Waals surface area contributed by atoms with Crippen molar-refractivity contribution in [2.24, 2.45) is 0 Å². The molecular weight excluding hydrogens is 460 g/mol. The van der Waals surface area contributed by atoms with Crippen molar-refractivity contribution in [2.45, 2.75) is 23.1 Å². The van der Waals surface area contributed by atoms with E-state index in [0.717, 1.165) is 16.7 Å². The first kappa shape index (κ1) is 23.7. The largest absolute Gasteiger partial charge is 0.480 e. The molecule has 2 aliphatic rings. The van der Waals surface area contributed by atoms with Crippen LogP contribution in [0.1, 0.15) is 18.4 Å². The number of fused-ring (bicyclic) bond motifs is 1. The molecule has 32 heavy (non-hydrogen) atoms. The lowest BCUT2D eigenvalue weighted by atomic mass is 9.96. The Balaban J connectivity index is 1.89. The van der Waals surface area contributed by atoms with E-state index in [1.54, 1.807) is 24.5 Å². The summed E-state index contributed by atoms with van der Waals surface area (Å²) in [5.41, 5.74) is 0.214. The Kier molecular flexibility index (Phi) is 6.84. The van der Waals surface area contributed by atoms with Crippen LogP contribution in [0, 0.1) is 0 Å². The summed E-state index contributed by atoms with van der Waals surface area (Å²) < 4.78 is 3.75. The molecule has 3 rings (SSSR count). The number of rotatable bonds is 8. The molecule has 0 spiro atoms. The summed E-state index contributed by atoms with van der Waals surface area (Å²) >= 11 is 2.37. The van der Waals surface area contributed by atoms with Crippen molar-refractivity contribution >= 4 is 53.2 Å². The van der Waals surface area contributed by atoms with Crippen LogP contribution >= 0.6 is 23.5 Å². The molecule has 1 aromatic rings. The van der Waals surface area contributed by atoms with Gasteiger partial charge < -0.3 is 20.3 Å². The first-order chi connectivity index (χ1) is 15.1. The molecule has 2 amide bonds. The van der Waals surface area contributed by atoms with E-state index in [4.69, 9.17) is 4.74 Å². The van der Waals surface area contributed by atoms with Crippen molar-refractivity contribution in [3.05, 3.63) is 47.2 Å². The first-order valence-electron chi connectivity index (χ1n) is 9.34. The van der Waals surface area contributed by atoms with Crippen molar-refractivity contribution in [1.82, 2.24) is 10.2 Å². The number of carbonyl (C=O) groups is 5. The van der Waals surface area contributed by atoms with Crippen LogP contribution in [-0.2, 0) is 28.7 Å². The third kappa shape index (κ3) is 4.07. The summed E-state index contributed by atoms with van der Waals surface area (Å²) in [6.07, 6.45) is 1.66. The SMILES string of the molecule is CS[C@]12SCC(COC(C)=O)=C(C(=O)O)N1C(=O)C2NC(=O)C(C(=O)O)c1ccccc1. The van der Waals surface area contributed by atoms with Crippen molar-refractivity contribution in [1.29, 1.82) is 0 Å². The normalized spacial score (nSPS) is 23.0. The number of benzene rings is 1. The van der Waals surface area contributed by atoms with Crippen LogP contribution in [0.4, 0.5) is 0 Å². The van der Waals surface area contributed by atoms with Crippen LogP contribution in [0.5, 0.6) is 0 Å². The van der Waals surface area contributed by atoms with Gasteiger partial charge in [-0.25, -0.2) is 4.79 Å². The Bertz CT molecular complexity index is 1010. The molecule has 0 aromatic heterocycles. The van der Waals surface area contributed by atoms with Gasteiger partial charge in [0.2, 0.25) is 5.91 Å². The number of hydrogen-bond acceptors (Lipinski definition) is 8. The van der Waals surface area contributed by atoms with E-state index >= 15 is 0 Å². The van der Waals surface area contributed by atoms with Crippen LogP contribution < -0.4 is 5.32 Å². The minimum atomic E-state index is -1.53. The van der Waals surface area contributed by atoms with Crippen molar-refractivity contribution in [3.63, 3.8) is 0 Å². The van der Waals surface area contributed by atoms with E-state index in [0.29, 0.717) is 0 Å². The average Bonchev–Trinajstić information content (AvgIpc) is 2.75. The zero-order valence-corrected chi connectivity index (χ0v) is 18.7. The van der Waals surface area contributed by atoms with Gasteiger partial charge in [-0.2, -0.15) is 0 Å². The van der Waals surface area contributed by atoms with Gasteiger partial charge in [0, 0.05) is 18.2 Å². The van der Waals surface area contributed by atoms with Gasteiger partial charge >= 0.3 is 17.9 Å². The molecule has 2 unspecified atom stereocenters. The smallest absolute Gasteiger partial charge is 0.352 e. The van der Waals surface area contributed by atoms with E-state index < -0.39 is 45.9 Å². The van der Waals surface area contributed by atoms with Crippen molar-refractivity contribution in [2.75, 3.05) is 18.6 Å². The minimum Gasteiger partial charge on any atom is -0.480 e. The molecular formula is C20H20N2O8S2. The predicted octanol–water partition coefficient (Wildman–Crippen LogP) is 0.847. The lowest BCUT2D eigenvalue weighted by molar-refractivity contribution is -0.154. The highest BCUT2D eigenvalue weighted by molar-refractivity contribution is 8.18. The highest BCUT2D eigenvalue weighted by Gasteiger charge is 2.65. The number of carbonyl (C=O) groups excluding carboxylic acids is 3. The first-order valence-corrected chi connectivity index (χ1v) is 11.5. The lowest BCUT2D eigenvalue weighted by Crippen LogP contribution is -2.77. The van der Waals surface area contributed by atoms with Gasteiger partial charge in [-0.05, 0) is 11.8 Å². The maximum Gasteiger partial charge on any atom is 0.352 e. The lowest BCUT2D eigenvalue weighted by Gasteiger charge is -2.57. The number of β-lactam (4-membered cyclic amide) rings is 1. The highest BCUT2D eigenvalue weighted by atomic mass is 32.2. The number of carboxylic acids is 2. The zero-order chi connectivity index (χ0) is 23.6. The Morgan fingerprint density at radius 1 is 1.28 bits per heavy atom. The van der Waals surface area contributed by atoms with E-state index in [1.165, 1.54) is 30.8 Å². The number of carboxylic acid groups (broad SMARTS) is 2. The van der Waals surface area contributed by atoms with E-state index in [2.05, 4.69) is 5.32 Å². The van der Waals surface area contributed by atoms with Gasteiger partial charge in [-0.15, -0.1) is 23.5 Å². The summed E-state index contributed by atoms with van der Waals surface area (Å²) in [5.74, 6) is -6.27. The van der Waals surface area contributed by atoms with Gasteiger partial charge in [0.25, 0.3) is 5.91 Å². The summed E-state index contributed by atoms with van der Waals surface area (Å²) in [6.45, 7) is 0.916. The molecule has 0 bridgehead atoms. The van der Waals surface area contributed by atoms with Crippen LogP contribution in [0.25, 0.3) is 0 Å². The molecule has 0 aliphatic carbocycles. The maximum absolute atomic E-state index is 13.0. The van der Waals surface area contributed by atoms with Crippen molar-refractivity contribution < 1.29 is 38.9 Å². The minimum absolute atomic E-state index is 0.146. The van der Waals surface area contributed by atoms with Gasteiger partial charge in [-0.3, -0.25) is 24.1 Å². The molecule has 0 saturated carbocycles. The maximum atomic E-state index is 13.0. The highest BCUT2D eigenvalue weighted by Crippen LogP contribution is 2.55. The average molecular weight is 481 g/mol. The number of nitrogens with one attached hydrogen (secondary N) is 1. The second-order valence-electron chi connectivity index (χ2n) is 6.96. The number of amides is 2. The number of aliphatic carboxylic acids is 2. The van der Waals surface area contributed by atoms with Gasteiger partial charge in [0.15, 0.2) is 16.2 Å². The zero-order valence-electron chi connectivity index (χ0n) is 17.1. The molecule has 170 valence electrons. The van der Waals surface area contributed by atoms with Crippen LogP contribution in [-0.4, -0.2) is 73.7 Å². The number of ether oxygens (including phenoxy) is 1. The van der Waals surface area contributed by atoms with Crippen LogP contribution in [0.15, 0.2) is 41.6 Å². The van der Waals surface area contributed by atoms with E-state index in [-0.39, 0.29) is 29.2 Å². The van der Waals surface area contributed by atoms with Crippen molar-refractivity contribution in [3.8, 4) is 0 Å². The van der Waals surface area contributed by atoms with Gasteiger partial charge in [0.1, 0.15) is 12.3 Å². The Labute approximate surface area is 191 Å². The summed E-state index contributed by atoms with van der Waals surface area (Å²) in [6, 6.07) is 6.75. The molecule has 12 heteroatoms. The number of nitrogens with zero attached hydrogens (tertiary/aromatic N) is 1. The fourth-order valence-corrected chi connectivity index (χ4v) is 6.22. The van der Waals surface area contributed by atoms with Crippen LogP contribution in [0.3, 0.4) is 0 Å². The molecule has 1 fully saturated rings. The third-order valence-corrected chi connectivity index (χ3v) is 8.21. The quantitative estimate of drug-likeness (QED) is 0.277. The Hall–Kier alpha value is -2.99. The molecule has 10 nitrogen and oxygen atoms in total. The molecule has 1 saturated heterocycles. The van der Waals surface area contributed by atoms with Gasteiger partial charge in [-0.1, -0.05) is 30.3 Å². The van der Waals surface area contributed by atoms with Crippen LogP contribution in [0.2, 0.25) is 0 Å². The van der Waals surface area contributed by atoms with E-state index in [1.807, 2.05) is 0 Å². The third-order valence-electron chi connectivity index (χ3n) is 5.03. The van der Waals surface area contributed by atoms with Gasteiger partial charge in [0.05, 0.1) is 0 Å². The van der Waals surface area contributed by atoms with E-state index in [9.17, 15) is 34.2 Å². The predicted molar refractivity (Wildman–Crippen MR) is 116 cm³/mol. The number of esters is 1. The fourth-order valence-electron chi connectivity index (χ4n) is 3.58. The molecule has 3 atom stereocenters. The number of thioether (sulfide) groups is 2. The standard InChI is InChI=1S/C20H20N2O8S2/c1-10(23)30-8-12-9-32-20(31-2)15(17(25)22(20)14(12)19(28)29)21-16(24)13(18(26)27)11-6-4-3-5-7-11/h3-7,13,15H,8-9H2,1-2H3,(H,21,24)(H,26,27)(H,28,29)/t13?,15?,20-/m1/s1. The molecule has 0 radical (unpaired) electrons. The summed E-state index contributed by atoms with van der Waals surface area (Å²) in [5, 5.41) is 21.8.